The van der Waals surface area contributed by atoms with Crippen LogP contribution in [-0.2, 0) is 9.53 Å². The Labute approximate surface area is 195 Å². The van der Waals surface area contributed by atoms with E-state index < -0.39 is 0 Å². The highest BCUT2D eigenvalue weighted by Crippen LogP contribution is 2.31. The van der Waals surface area contributed by atoms with E-state index in [0.29, 0.717) is 21.3 Å². The van der Waals surface area contributed by atoms with Crippen molar-refractivity contribution in [1.82, 2.24) is 9.88 Å². The molecule has 0 saturated carbocycles. The van der Waals surface area contributed by atoms with E-state index in [4.69, 9.17) is 4.74 Å². The van der Waals surface area contributed by atoms with Gasteiger partial charge in [-0.25, -0.2) is 14.2 Å². The molecule has 0 radical (unpaired) electrons. The van der Waals surface area contributed by atoms with Gasteiger partial charge in [-0.3, -0.25) is 4.79 Å². The van der Waals surface area contributed by atoms with Crippen LogP contribution in [0, 0.1) is 26.6 Å². The molecule has 3 aromatic rings. The summed E-state index contributed by atoms with van der Waals surface area (Å²) in [7, 11) is 1.36. The molecule has 1 aliphatic heterocycles. The summed E-state index contributed by atoms with van der Waals surface area (Å²) in [6.45, 7) is 5.92. The number of aliphatic imine (C=N–C) groups is 1. The van der Waals surface area contributed by atoms with Crippen molar-refractivity contribution >= 4 is 40.6 Å². The van der Waals surface area contributed by atoms with Gasteiger partial charge in [-0.05, 0) is 98.3 Å². The highest BCUT2D eigenvalue weighted by Gasteiger charge is 2.25. The maximum atomic E-state index is 13.1. The average Bonchev–Trinajstić information content (AvgIpc) is 3.27. The summed E-state index contributed by atoms with van der Waals surface area (Å²) in [5.74, 6) is -0.948. The van der Waals surface area contributed by atoms with Gasteiger partial charge in [0.25, 0.3) is 5.91 Å². The molecular formula is C25H22FN3O3S. The number of esters is 1. The fraction of sp³-hybridized carbons (Fsp3) is 0.160. The van der Waals surface area contributed by atoms with E-state index in [0.717, 1.165) is 28.2 Å². The molecule has 1 amide bonds. The summed E-state index contributed by atoms with van der Waals surface area (Å²) in [6.07, 6.45) is 1.84. The molecule has 0 atom stereocenters. The molecule has 33 heavy (non-hydrogen) atoms. The Morgan fingerprint density at radius 2 is 1.85 bits per heavy atom. The minimum Gasteiger partial charge on any atom is -0.465 e. The second kappa shape index (κ2) is 9.07. The van der Waals surface area contributed by atoms with Crippen molar-refractivity contribution < 1.29 is 18.7 Å². The Kier molecular flexibility index (Phi) is 6.20. The summed E-state index contributed by atoms with van der Waals surface area (Å²) in [5, 5.41) is 3.20. The Morgan fingerprint density at radius 1 is 1.12 bits per heavy atom. The van der Waals surface area contributed by atoms with Crippen LogP contribution in [0.4, 0.5) is 10.1 Å². The van der Waals surface area contributed by atoms with Crippen LogP contribution < -0.4 is 5.32 Å². The maximum absolute atomic E-state index is 13.1. The van der Waals surface area contributed by atoms with E-state index in [2.05, 4.69) is 14.9 Å². The number of carbonyl (C=O) groups excluding carboxylic acids is 2. The van der Waals surface area contributed by atoms with Crippen LogP contribution in [-0.4, -0.2) is 28.7 Å². The minimum atomic E-state index is -0.376. The minimum absolute atomic E-state index is 0.232. The molecule has 1 aromatic heterocycles. The number of thioether (sulfide) groups is 1. The fourth-order valence-electron chi connectivity index (χ4n) is 3.71. The molecule has 2 heterocycles. The third kappa shape index (κ3) is 4.61. The van der Waals surface area contributed by atoms with Crippen molar-refractivity contribution in [2.75, 3.05) is 7.11 Å². The lowest BCUT2D eigenvalue weighted by Crippen LogP contribution is -2.19. The highest BCUT2D eigenvalue weighted by molar-refractivity contribution is 8.18. The molecule has 4 rings (SSSR count). The molecule has 168 valence electrons. The number of ether oxygens (including phenoxy) is 1. The molecule has 8 heteroatoms. The van der Waals surface area contributed by atoms with Crippen molar-refractivity contribution in [3.05, 3.63) is 87.3 Å². The fourth-order valence-corrected chi connectivity index (χ4v) is 4.54. The largest absolute Gasteiger partial charge is 0.465 e. The van der Waals surface area contributed by atoms with E-state index in [1.54, 1.807) is 24.3 Å². The van der Waals surface area contributed by atoms with Crippen LogP contribution in [0.1, 0.15) is 32.9 Å². The normalized spacial score (nSPS) is 15.8. The monoisotopic (exact) mass is 463 g/mol. The van der Waals surface area contributed by atoms with Crippen LogP contribution in [0.15, 0.2) is 58.4 Å². The first-order valence-electron chi connectivity index (χ1n) is 10.2. The smallest absolute Gasteiger partial charge is 0.337 e. The van der Waals surface area contributed by atoms with E-state index in [-0.39, 0.29) is 17.7 Å². The molecule has 0 spiro atoms. The number of amides is 1. The first-order valence-corrected chi connectivity index (χ1v) is 11.0. The summed E-state index contributed by atoms with van der Waals surface area (Å²) in [5.41, 5.74) is 5.80. The number of halogens is 1. The molecule has 0 bridgehead atoms. The summed E-state index contributed by atoms with van der Waals surface area (Å²) < 4.78 is 20.0. The van der Waals surface area contributed by atoms with Crippen molar-refractivity contribution in [3.63, 3.8) is 0 Å². The standard InChI is InChI=1S/C25H22FN3O3S/c1-14-11-17(24(31)32-4)5-10-21(14)29-15(2)12-18(16(29)3)13-22-23(30)28-25(33-22)27-20-8-6-19(26)7-9-20/h5-13H,1-4H3,(H,27,28,30)/b22-13+. The second-order valence-corrected chi connectivity index (χ2v) is 8.64. The summed E-state index contributed by atoms with van der Waals surface area (Å²) >= 11 is 1.24. The lowest BCUT2D eigenvalue weighted by molar-refractivity contribution is -0.115. The molecule has 0 aliphatic carbocycles. The number of amidine groups is 1. The first kappa shape index (κ1) is 22.5. The van der Waals surface area contributed by atoms with Crippen molar-refractivity contribution in [3.8, 4) is 5.69 Å². The van der Waals surface area contributed by atoms with Gasteiger partial charge in [-0.1, -0.05) is 0 Å². The number of hydrogen-bond acceptors (Lipinski definition) is 5. The average molecular weight is 464 g/mol. The predicted molar refractivity (Wildman–Crippen MR) is 129 cm³/mol. The van der Waals surface area contributed by atoms with Gasteiger partial charge in [0.1, 0.15) is 5.82 Å². The summed E-state index contributed by atoms with van der Waals surface area (Å²) in [6, 6.07) is 13.2. The van der Waals surface area contributed by atoms with Crippen molar-refractivity contribution in [2.45, 2.75) is 20.8 Å². The lowest BCUT2D eigenvalue weighted by Gasteiger charge is -2.14. The topological polar surface area (TPSA) is 72.7 Å². The number of benzene rings is 2. The molecule has 2 aromatic carbocycles. The number of aryl methyl sites for hydroxylation is 2. The van der Waals surface area contributed by atoms with Crippen LogP contribution in [0.25, 0.3) is 11.8 Å². The molecule has 1 fully saturated rings. The predicted octanol–water partition coefficient (Wildman–Crippen LogP) is 5.22. The quantitative estimate of drug-likeness (QED) is 0.425. The number of methoxy groups -OCH3 is 1. The number of nitrogens with zero attached hydrogens (tertiary/aromatic N) is 2. The lowest BCUT2D eigenvalue weighted by atomic mass is 10.1. The van der Waals surface area contributed by atoms with Crippen LogP contribution in [0.5, 0.6) is 0 Å². The van der Waals surface area contributed by atoms with E-state index in [9.17, 15) is 14.0 Å². The van der Waals surface area contributed by atoms with Gasteiger partial charge < -0.3 is 14.6 Å². The molecule has 0 unspecified atom stereocenters. The zero-order valence-electron chi connectivity index (χ0n) is 18.6. The van der Waals surface area contributed by atoms with Crippen LogP contribution in [0.2, 0.25) is 0 Å². The third-order valence-electron chi connectivity index (χ3n) is 5.32. The van der Waals surface area contributed by atoms with Gasteiger partial charge in [0.15, 0.2) is 5.17 Å². The molecule has 1 N–H and O–H groups in total. The number of aromatic nitrogens is 1. The first-order chi connectivity index (χ1) is 15.8. The van der Waals surface area contributed by atoms with Gasteiger partial charge in [-0.15, -0.1) is 0 Å². The Hall–Kier alpha value is -3.65. The number of hydrogen-bond donors (Lipinski definition) is 1. The van der Waals surface area contributed by atoms with Gasteiger partial charge in [0.05, 0.1) is 23.3 Å². The Bertz CT molecular complexity index is 1320. The van der Waals surface area contributed by atoms with Gasteiger partial charge >= 0.3 is 5.97 Å². The number of nitrogens with one attached hydrogen (secondary N) is 1. The molecular weight excluding hydrogens is 441 g/mol. The second-order valence-electron chi connectivity index (χ2n) is 7.61. The Balaban J connectivity index is 1.64. The molecule has 1 aliphatic rings. The summed E-state index contributed by atoms with van der Waals surface area (Å²) in [4.78, 5) is 29.2. The van der Waals surface area contributed by atoms with Crippen molar-refractivity contribution in [2.24, 2.45) is 4.99 Å². The third-order valence-corrected chi connectivity index (χ3v) is 6.23. The van der Waals surface area contributed by atoms with Gasteiger partial charge in [0.2, 0.25) is 0 Å². The maximum Gasteiger partial charge on any atom is 0.337 e. The van der Waals surface area contributed by atoms with Crippen LogP contribution in [0.3, 0.4) is 0 Å². The number of carbonyl (C=O) groups is 2. The number of rotatable bonds is 4. The highest BCUT2D eigenvalue weighted by atomic mass is 32.2. The zero-order chi connectivity index (χ0) is 23.7. The van der Waals surface area contributed by atoms with Gasteiger partial charge in [0, 0.05) is 17.1 Å². The van der Waals surface area contributed by atoms with E-state index in [1.807, 2.05) is 39.0 Å². The SMILES string of the molecule is COC(=O)c1ccc(-n2c(C)cc(/C=C3/SC(=Nc4ccc(F)cc4)NC3=O)c2C)c(C)c1. The van der Waals surface area contributed by atoms with Crippen LogP contribution >= 0.6 is 11.8 Å². The molecule has 1 saturated heterocycles. The van der Waals surface area contributed by atoms with E-state index in [1.165, 1.54) is 31.0 Å². The zero-order valence-corrected chi connectivity index (χ0v) is 19.4. The van der Waals surface area contributed by atoms with E-state index >= 15 is 0 Å². The Morgan fingerprint density at radius 3 is 2.52 bits per heavy atom. The van der Waals surface area contributed by atoms with Crippen molar-refractivity contribution in [1.29, 1.82) is 0 Å². The van der Waals surface area contributed by atoms with Gasteiger partial charge in [-0.2, -0.15) is 0 Å². The molecule has 6 nitrogen and oxygen atoms in total.